The van der Waals surface area contributed by atoms with Crippen molar-refractivity contribution in [3.8, 4) is 0 Å². The standard InChI is InChI=1S/C10H13NO/c1-8-4-7-12-10(8)9-2-5-11-6-3-9/h2-3,5-6,8,10H,4,7H2,1H3. The Morgan fingerprint density at radius 3 is 2.75 bits per heavy atom. The Hall–Kier alpha value is -0.890. The fourth-order valence-corrected chi connectivity index (χ4v) is 1.67. The summed E-state index contributed by atoms with van der Waals surface area (Å²) in [5, 5.41) is 0. The summed E-state index contributed by atoms with van der Waals surface area (Å²) in [7, 11) is 0. The second kappa shape index (κ2) is 3.23. The first-order valence-corrected chi connectivity index (χ1v) is 4.39. The third-order valence-corrected chi connectivity index (χ3v) is 2.42. The maximum absolute atomic E-state index is 5.62. The van der Waals surface area contributed by atoms with Crippen LogP contribution in [0.1, 0.15) is 25.0 Å². The largest absolute Gasteiger partial charge is 0.373 e. The first-order chi connectivity index (χ1) is 5.88. The smallest absolute Gasteiger partial charge is 0.0852 e. The summed E-state index contributed by atoms with van der Waals surface area (Å²) in [5.41, 5.74) is 1.26. The van der Waals surface area contributed by atoms with E-state index in [0.29, 0.717) is 12.0 Å². The molecule has 1 aliphatic heterocycles. The van der Waals surface area contributed by atoms with Crippen molar-refractivity contribution in [2.24, 2.45) is 5.92 Å². The van der Waals surface area contributed by atoms with Crippen LogP contribution in [0.2, 0.25) is 0 Å². The van der Waals surface area contributed by atoms with E-state index in [1.165, 1.54) is 12.0 Å². The molecule has 1 aliphatic rings. The monoisotopic (exact) mass is 163 g/mol. The van der Waals surface area contributed by atoms with E-state index in [-0.39, 0.29) is 0 Å². The minimum absolute atomic E-state index is 0.299. The molecular weight excluding hydrogens is 150 g/mol. The Bertz CT molecular complexity index is 247. The topological polar surface area (TPSA) is 22.1 Å². The molecule has 0 N–H and O–H groups in total. The molecule has 64 valence electrons. The molecule has 0 saturated carbocycles. The van der Waals surface area contributed by atoms with Gasteiger partial charge in [0.2, 0.25) is 0 Å². The molecule has 2 rings (SSSR count). The SMILES string of the molecule is CC1CCOC1c1ccncc1. The van der Waals surface area contributed by atoms with Crippen molar-refractivity contribution in [3.63, 3.8) is 0 Å². The fourth-order valence-electron chi connectivity index (χ4n) is 1.67. The van der Waals surface area contributed by atoms with Gasteiger partial charge in [-0.05, 0) is 30.0 Å². The number of nitrogens with zero attached hydrogens (tertiary/aromatic N) is 1. The van der Waals surface area contributed by atoms with Gasteiger partial charge in [0, 0.05) is 19.0 Å². The highest BCUT2D eigenvalue weighted by Crippen LogP contribution is 2.33. The maximum atomic E-state index is 5.62. The van der Waals surface area contributed by atoms with Gasteiger partial charge in [0.05, 0.1) is 6.10 Å². The lowest BCUT2D eigenvalue weighted by molar-refractivity contribution is 0.0944. The van der Waals surface area contributed by atoms with Gasteiger partial charge >= 0.3 is 0 Å². The maximum Gasteiger partial charge on any atom is 0.0852 e. The minimum Gasteiger partial charge on any atom is -0.373 e. The molecule has 1 aromatic rings. The van der Waals surface area contributed by atoms with Gasteiger partial charge in [-0.2, -0.15) is 0 Å². The highest BCUT2D eigenvalue weighted by atomic mass is 16.5. The number of ether oxygens (including phenoxy) is 1. The van der Waals surface area contributed by atoms with Crippen LogP contribution >= 0.6 is 0 Å². The van der Waals surface area contributed by atoms with Gasteiger partial charge in [-0.3, -0.25) is 4.98 Å². The van der Waals surface area contributed by atoms with E-state index in [1.54, 1.807) is 0 Å². The Morgan fingerprint density at radius 2 is 2.17 bits per heavy atom. The highest BCUT2D eigenvalue weighted by molar-refractivity contribution is 5.14. The quantitative estimate of drug-likeness (QED) is 0.633. The summed E-state index contributed by atoms with van der Waals surface area (Å²) in [5.74, 6) is 0.646. The van der Waals surface area contributed by atoms with E-state index in [0.717, 1.165) is 6.61 Å². The molecule has 1 aromatic heterocycles. The molecule has 2 unspecified atom stereocenters. The van der Waals surface area contributed by atoms with Gasteiger partial charge in [0.15, 0.2) is 0 Å². The van der Waals surface area contributed by atoms with Crippen LogP contribution in [0.4, 0.5) is 0 Å². The Balaban J connectivity index is 2.19. The normalized spacial score (nSPS) is 29.1. The molecule has 0 bridgehead atoms. The molecule has 2 atom stereocenters. The minimum atomic E-state index is 0.299. The molecule has 1 saturated heterocycles. The highest BCUT2D eigenvalue weighted by Gasteiger charge is 2.25. The molecule has 1 fully saturated rings. The van der Waals surface area contributed by atoms with Crippen molar-refractivity contribution in [2.75, 3.05) is 6.61 Å². The van der Waals surface area contributed by atoms with E-state index < -0.39 is 0 Å². The van der Waals surface area contributed by atoms with E-state index >= 15 is 0 Å². The zero-order valence-electron chi connectivity index (χ0n) is 7.23. The summed E-state index contributed by atoms with van der Waals surface area (Å²) in [6.45, 7) is 3.13. The number of aromatic nitrogens is 1. The van der Waals surface area contributed by atoms with Gasteiger partial charge in [-0.25, -0.2) is 0 Å². The van der Waals surface area contributed by atoms with Gasteiger partial charge in [-0.15, -0.1) is 0 Å². The lowest BCUT2D eigenvalue weighted by atomic mass is 9.98. The molecule has 0 aromatic carbocycles. The lowest BCUT2D eigenvalue weighted by Gasteiger charge is -2.13. The molecule has 0 amide bonds. The van der Waals surface area contributed by atoms with Crippen LogP contribution in [0.25, 0.3) is 0 Å². The predicted octanol–water partition coefficient (Wildman–Crippen LogP) is 2.18. The van der Waals surface area contributed by atoms with Gasteiger partial charge in [0.25, 0.3) is 0 Å². The number of rotatable bonds is 1. The van der Waals surface area contributed by atoms with Crippen LogP contribution in [0.5, 0.6) is 0 Å². The average Bonchev–Trinajstić information content (AvgIpc) is 2.53. The number of pyridine rings is 1. The van der Waals surface area contributed by atoms with Crippen LogP contribution in [-0.4, -0.2) is 11.6 Å². The molecule has 2 nitrogen and oxygen atoms in total. The van der Waals surface area contributed by atoms with Gasteiger partial charge in [-0.1, -0.05) is 6.92 Å². The third-order valence-electron chi connectivity index (χ3n) is 2.42. The van der Waals surface area contributed by atoms with Crippen molar-refractivity contribution in [2.45, 2.75) is 19.4 Å². The summed E-state index contributed by atoms with van der Waals surface area (Å²) in [6, 6.07) is 4.07. The average molecular weight is 163 g/mol. The second-order valence-electron chi connectivity index (χ2n) is 3.34. The van der Waals surface area contributed by atoms with E-state index in [9.17, 15) is 0 Å². The molecule has 0 aliphatic carbocycles. The molecule has 2 heteroatoms. The predicted molar refractivity (Wildman–Crippen MR) is 46.7 cm³/mol. The Labute approximate surface area is 72.6 Å². The second-order valence-corrected chi connectivity index (χ2v) is 3.34. The van der Waals surface area contributed by atoms with Gasteiger partial charge in [0.1, 0.15) is 0 Å². The van der Waals surface area contributed by atoms with Crippen LogP contribution in [0.15, 0.2) is 24.5 Å². The summed E-state index contributed by atoms with van der Waals surface area (Å²) >= 11 is 0. The van der Waals surface area contributed by atoms with Gasteiger partial charge < -0.3 is 4.74 Å². The molecule has 0 radical (unpaired) electrons. The van der Waals surface area contributed by atoms with E-state index in [2.05, 4.69) is 11.9 Å². The van der Waals surface area contributed by atoms with Crippen molar-refractivity contribution < 1.29 is 4.74 Å². The number of hydrogen-bond acceptors (Lipinski definition) is 2. The van der Waals surface area contributed by atoms with Crippen molar-refractivity contribution >= 4 is 0 Å². The number of hydrogen-bond donors (Lipinski definition) is 0. The van der Waals surface area contributed by atoms with E-state index in [4.69, 9.17) is 4.74 Å². The molecule has 12 heavy (non-hydrogen) atoms. The van der Waals surface area contributed by atoms with Crippen LogP contribution < -0.4 is 0 Å². The summed E-state index contributed by atoms with van der Waals surface area (Å²) in [6.07, 6.45) is 5.12. The van der Waals surface area contributed by atoms with Crippen molar-refractivity contribution in [1.82, 2.24) is 4.98 Å². The fraction of sp³-hybridized carbons (Fsp3) is 0.500. The molecular formula is C10H13NO. The van der Waals surface area contributed by atoms with Crippen LogP contribution in [-0.2, 0) is 4.74 Å². The third kappa shape index (κ3) is 1.34. The molecule has 0 spiro atoms. The lowest BCUT2D eigenvalue weighted by Crippen LogP contribution is -2.03. The first kappa shape index (κ1) is 7.74. The Kier molecular flexibility index (Phi) is 2.09. The summed E-state index contributed by atoms with van der Waals surface area (Å²) < 4.78 is 5.62. The van der Waals surface area contributed by atoms with Crippen molar-refractivity contribution in [1.29, 1.82) is 0 Å². The summed E-state index contributed by atoms with van der Waals surface area (Å²) in [4.78, 5) is 3.99. The van der Waals surface area contributed by atoms with E-state index in [1.807, 2.05) is 24.5 Å². The first-order valence-electron chi connectivity index (χ1n) is 4.39. The molecule has 2 heterocycles. The van der Waals surface area contributed by atoms with Crippen LogP contribution in [0, 0.1) is 5.92 Å². The van der Waals surface area contributed by atoms with Crippen molar-refractivity contribution in [3.05, 3.63) is 30.1 Å². The Morgan fingerprint density at radius 1 is 1.42 bits per heavy atom. The van der Waals surface area contributed by atoms with Crippen LogP contribution in [0.3, 0.4) is 0 Å². The zero-order chi connectivity index (χ0) is 8.39. The zero-order valence-corrected chi connectivity index (χ0v) is 7.23.